The van der Waals surface area contributed by atoms with Gasteiger partial charge >= 0.3 is 0 Å². The second-order valence-corrected chi connectivity index (χ2v) is 5.22. The zero-order chi connectivity index (χ0) is 11.6. The molecule has 0 aromatic heterocycles. The highest BCUT2D eigenvalue weighted by atomic mass is 15.1. The van der Waals surface area contributed by atoms with Crippen molar-refractivity contribution in [2.45, 2.75) is 20.3 Å². The van der Waals surface area contributed by atoms with Gasteiger partial charge in [0, 0.05) is 18.8 Å². The summed E-state index contributed by atoms with van der Waals surface area (Å²) < 4.78 is 0. The van der Waals surface area contributed by atoms with Crippen LogP contribution in [0.4, 0.5) is 5.69 Å². The van der Waals surface area contributed by atoms with Gasteiger partial charge in [-0.1, -0.05) is 32.0 Å². The van der Waals surface area contributed by atoms with Crippen LogP contribution in [-0.2, 0) is 0 Å². The van der Waals surface area contributed by atoms with E-state index in [0.29, 0.717) is 0 Å². The summed E-state index contributed by atoms with van der Waals surface area (Å²) in [5, 5.41) is 9.11. The van der Waals surface area contributed by atoms with Crippen LogP contribution in [0.5, 0.6) is 0 Å². The summed E-state index contributed by atoms with van der Waals surface area (Å²) in [6, 6.07) is 12.9. The summed E-state index contributed by atoms with van der Waals surface area (Å²) in [5.41, 5.74) is 1.36. The first-order chi connectivity index (χ1) is 7.63. The molecule has 1 atom stereocenters. The van der Waals surface area contributed by atoms with Gasteiger partial charge in [-0.25, -0.2) is 0 Å². The largest absolute Gasteiger partial charge is 0.371 e. The molecule has 16 heavy (non-hydrogen) atoms. The lowest BCUT2D eigenvalue weighted by molar-refractivity contribution is 0.226. The Morgan fingerprint density at radius 1 is 1.31 bits per heavy atom. The number of piperidine rings is 1. The summed E-state index contributed by atoms with van der Waals surface area (Å²) >= 11 is 0. The molecule has 84 valence electrons. The Balaban J connectivity index is 2.15. The number of hydrogen-bond acceptors (Lipinski definition) is 2. The zero-order valence-electron chi connectivity index (χ0n) is 9.98. The van der Waals surface area contributed by atoms with Gasteiger partial charge in [-0.15, -0.1) is 0 Å². The van der Waals surface area contributed by atoms with Gasteiger partial charge in [0.15, 0.2) is 0 Å². The van der Waals surface area contributed by atoms with Crippen LogP contribution in [0.2, 0.25) is 0 Å². The van der Waals surface area contributed by atoms with Crippen molar-refractivity contribution in [3.63, 3.8) is 0 Å². The third kappa shape index (κ3) is 2.04. The minimum absolute atomic E-state index is 0.0862. The summed E-state index contributed by atoms with van der Waals surface area (Å²) in [6.45, 7) is 6.34. The third-order valence-corrected chi connectivity index (χ3v) is 3.51. The van der Waals surface area contributed by atoms with Gasteiger partial charge in [0.1, 0.15) is 0 Å². The summed E-state index contributed by atoms with van der Waals surface area (Å²) in [7, 11) is 0. The lowest BCUT2D eigenvalue weighted by atomic mass is 9.74. The quantitative estimate of drug-likeness (QED) is 0.718. The van der Waals surface area contributed by atoms with E-state index in [1.165, 1.54) is 5.69 Å². The molecular formula is C14H18N2. The molecule has 2 nitrogen and oxygen atoms in total. The molecule has 1 aromatic rings. The zero-order valence-corrected chi connectivity index (χ0v) is 9.98. The molecule has 0 N–H and O–H groups in total. The topological polar surface area (TPSA) is 27.0 Å². The van der Waals surface area contributed by atoms with Crippen LogP contribution < -0.4 is 4.90 Å². The fraction of sp³-hybridized carbons (Fsp3) is 0.500. The fourth-order valence-corrected chi connectivity index (χ4v) is 2.46. The Morgan fingerprint density at radius 2 is 2.00 bits per heavy atom. The molecule has 0 amide bonds. The molecule has 1 saturated heterocycles. The molecular weight excluding hydrogens is 196 g/mol. The molecule has 1 unspecified atom stereocenters. The van der Waals surface area contributed by atoms with E-state index >= 15 is 0 Å². The SMILES string of the molecule is CC1(C)CN(c2ccccc2)CCC1C#N. The lowest BCUT2D eigenvalue weighted by Gasteiger charge is -2.42. The van der Waals surface area contributed by atoms with E-state index in [1.807, 2.05) is 6.07 Å². The Bertz CT molecular complexity index is 389. The van der Waals surface area contributed by atoms with E-state index in [-0.39, 0.29) is 11.3 Å². The number of nitrogens with zero attached hydrogens (tertiary/aromatic N) is 2. The van der Waals surface area contributed by atoms with Crippen LogP contribution in [0.25, 0.3) is 0 Å². The van der Waals surface area contributed by atoms with E-state index in [4.69, 9.17) is 5.26 Å². The van der Waals surface area contributed by atoms with Gasteiger partial charge in [0.05, 0.1) is 12.0 Å². The van der Waals surface area contributed by atoms with Crippen molar-refractivity contribution in [2.75, 3.05) is 18.0 Å². The van der Waals surface area contributed by atoms with Crippen LogP contribution in [0, 0.1) is 22.7 Å². The number of anilines is 1. The summed E-state index contributed by atoms with van der Waals surface area (Å²) in [4.78, 5) is 2.38. The number of para-hydroxylation sites is 1. The number of hydrogen-bond donors (Lipinski definition) is 0. The van der Waals surface area contributed by atoms with Crippen molar-refractivity contribution in [3.8, 4) is 6.07 Å². The first-order valence-corrected chi connectivity index (χ1v) is 5.83. The van der Waals surface area contributed by atoms with Gasteiger partial charge < -0.3 is 4.90 Å². The molecule has 0 spiro atoms. The summed E-state index contributed by atoms with van der Waals surface area (Å²) in [5.74, 6) is 0.187. The molecule has 1 aromatic carbocycles. The van der Waals surface area contributed by atoms with Crippen molar-refractivity contribution in [1.29, 1.82) is 5.26 Å². The Hall–Kier alpha value is -1.49. The summed E-state index contributed by atoms with van der Waals surface area (Å²) in [6.07, 6.45) is 0.971. The Morgan fingerprint density at radius 3 is 2.56 bits per heavy atom. The van der Waals surface area contributed by atoms with Crippen LogP contribution in [0.1, 0.15) is 20.3 Å². The second-order valence-electron chi connectivity index (χ2n) is 5.22. The van der Waals surface area contributed by atoms with E-state index in [0.717, 1.165) is 19.5 Å². The third-order valence-electron chi connectivity index (χ3n) is 3.51. The van der Waals surface area contributed by atoms with Crippen molar-refractivity contribution in [2.24, 2.45) is 11.3 Å². The van der Waals surface area contributed by atoms with E-state index in [9.17, 15) is 0 Å². The molecule has 0 saturated carbocycles. The number of rotatable bonds is 1. The van der Waals surface area contributed by atoms with Gasteiger partial charge in [0.25, 0.3) is 0 Å². The highest BCUT2D eigenvalue weighted by Gasteiger charge is 2.35. The highest BCUT2D eigenvalue weighted by molar-refractivity contribution is 5.46. The highest BCUT2D eigenvalue weighted by Crippen LogP contribution is 2.36. The monoisotopic (exact) mass is 214 g/mol. The predicted octanol–water partition coefficient (Wildman–Crippen LogP) is 3.06. The molecule has 2 heteroatoms. The molecule has 1 heterocycles. The fourth-order valence-electron chi connectivity index (χ4n) is 2.46. The number of nitriles is 1. The maximum Gasteiger partial charge on any atom is 0.0662 e. The molecule has 2 rings (SSSR count). The van der Waals surface area contributed by atoms with Crippen molar-refractivity contribution >= 4 is 5.69 Å². The van der Waals surface area contributed by atoms with Gasteiger partial charge in [-0.3, -0.25) is 0 Å². The first-order valence-electron chi connectivity index (χ1n) is 5.83. The van der Waals surface area contributed by atoms with Gasteiger partial charge in [0.2, 0.25) is 0 Å². The van der Waals surface area contributed by atoms with E-state index < -0.39 is 0 Å². The minimum atomic E-state index is 0.0862. The normalized spacial score (nSPS) is 23.8. The van der Waals surface area contributed by atoms with Crippen LogP contribution in [0.15, 0.2) is 30.3 Å². The van der Waals surface area contributed by atoms with Crippen molar-refractivity contribution in [1.82, 2.24) is 0 Å². The average Bonchev–Trinajstić information content (AvgIpc) is 2.29. The molecule has 1 aliphatic heterocycles. The number of benzene rings is 1. The van der Waals surface area contributed by atoms with Crippen LogP contribution in [0.3, 0.4) is 0 Å². The predicted molar refractivity (Wildman–Crippen MR) is 66.2 cm³/mol. The standard InChI is InChI=1S/C14H18N2/c1-14(2)11-16(9-8-12(14)10-15)13-6-4-3-5-7-13/h3-7,12H,8-9,11H2,1-2H3. The van der Waals surface area contributed by atoms with Crippen LogP contribution in [-0.4, -0.2) is 13.1 Å². The first kappa shape index (κ1) is 11.0. The molecule has 0 bridgehead atoms. The average molecular weight is 214 g/mol. The molecule has 1 fully saturated rings. The van der Waals surface area contributed by atoms with Gasteiger partial charge in [-0.05, 0) is 24.0 Å². The van der Waals surface area contributed by atoms with Crippen molar-refractivity contribution < 1.29 is 0 Å². The van der Waals surface area contributed by atoms with E-state index in [1.54, 1.807) is 0 Å². The minimum Gasteiger partial charge on any atom is -0.371 e. The Kier molecular flexibility index (Phi) is 2.87. The molecule has 0 radical (unpaired) electrons. The maximum atomic E-state index is 9.11. The van der Waals surface area contributed by atoms with Gasteiger partial charge in [-0.2, -0.15) is 5.26 Å². The van der Waals surface area contributed by atoms with Crippen molar-refractivity contribution in [3.05, 3.63) is 30.3 Å². The van der Waals surface area contributed by atoms with E-state index in [2.05, 4.69) is 49.1 Å². The second kappa shape index (κ2) is 4.17. The Labute approximate surface area is 97.5 Å². The smallest absolute Gasteiger partial charge is 0.0662 e. The molecule has 1 aliphatic rings. The van der Waals surface area contributed by atoms with Crippen LogP contribution >= 0.6 is 0 Å². The maximum absolute atomic E-state index is 9.11. The molecule has 0 aliphatic carbocycles. The lowest BCUT2D eigenvalue weighted by Crippen LogP contribution is -2.45.